The molecule has 14 heteroatoms. The van der Waals surface area contributed by atoms with Gasteiger partial charge in [-0.3, -0.25) is 0 Å². The maximum Gasteiger partial charge on any atom is 0.416 e. The van der Waals surface area contributed by atoms with Gasteiger partial charge in [-0.25, -0.2) is 0 Å². The number of benzene rings is 2. The Hall–Kier alpha value is 1.85. The predicted octanol–water partition coefficient (Wildman–Crippen LogP) is 19.3. The Labute approximate surface area is 526 Å². The number of hydrogen-bond acceptors (Lipinski definition) is 3. The molecule has 2 aromatic rings. The van der Waals surface area contributed by atoms with E-state index in [4.69, 9.17) is 4.74 Å². The SMILES string of the molecule is BrC1CCCC1.BrC1CCCC1.C1CCCC1.C1CCCC1.COc1ccc([P@@](C2CCCC2)C2CCCC2[C@@H](C)N(C)C)cc1.C[C@H](C1CCCC1P(c1ccc(C(F)(F)F)cc1)C1CCCC1)N(C)C.[Fe].[Fe].[Fe].[Fe]. The molecule has 444 valence electrons. The molecule has 10 rings (SSSR count). The second-order valence-electron chi connectivity index (χ2n) is 23.5. The Morgan fingerprint density at radius 1 is 0.434 bits per heavy atom. The fourth-order valence-corrected chi connectivity index (χ4v) is 22.7. The Kier molecular flexibility index (Phi) is 41.7. The van der Waals surface area contributed by atoms with E-state index in [1.165, 1.54) is 223 Å². The smallest absolute Gasteiger partial charge is 0.416 e. The summed E-state index contributed by atoms with van der Waals surface area (Å²) in [7, 11) is 10.1. The van der Waals surface area contributed by atoms with Crippen molar-refractivity contribution in [1.82, 2.24) is 9.80 Å². The summed E-state index contributed by atoms with van der Waals surface area (Å²) in [5.41, 5.74) is 2.69. The van der Waals surface area contributed by atoms with Crippen molar-refractivity contribution in [3.8, 4) is 5.75 Å². The van der Waals surface area contributed by atoms with E-state index in [9.17, 15) is 13.2 Å². The molecule has 8 fully saturated rings. The summed E-state index contributed by atoms with van der Waals surface area (Å²) in [5, 5.41) is 2.82. The van der Waals surface area contributed by atoms with Crippen LogP contribution in [0.5, 0.6) is 5.75 Å². The van der Waals surface area contributed by atoms with E-state index < -0.39 is 19.7 Å². The van der Waals surface area contributed by atoms with Gasteiger partial charge in [0.25, 0.3) is 0 Å². The molecule has 0 aromatic heterocycles. The van der Waals surface area contributed by atoms with Crippen LogP contribution < -0.4 is 15.3 Å². The summed E-state index contributed by atoms with van der Waals surface area (Å²) in [6.07, 6.45) is 41.1. The first-order valence-electron chi connectivity index (χ1n) is 29.7. The van der Waals surface area contributed by atoms with Crippen LogP contribution in [0.4, 0.5) is 13.2 Å². The minimum Gasteiger partial charge on any atom is -0.497 e. The van der Waals surface area contributed by atoms with Crippen molar-refractivity contribution >= 4 is 58.3 Å². The van der Waals surface area contributed by atoms with Crippen molar-refractivity contribution < 1.29 is 86.2 Å². The average Bonchev–Trinajstić information content (AvgIpc) is 4.22. The van der Waals surface area contributed by atoms with Crippen LogP contribution in [-0.4, -0.2) is 89.5 Å². The van der Waals surface area contributed by atoms with Crippen LogP contribution in [0.1, 0.15) is 225 Å². The molecular weight excluding hydrogens is 1290 g/mol. The summed E-state index contributed by atoms with van der Waals surface area (Å²) in [5.74, 6) is 2.53. The van der Waals surface area contributed by atoms with Gasteiger partial charge in [0, 0.05) is 90.0 Å². The summed E-state index contributed by atoms with van der Waals surface area (Å²) in [6.45, 7) is 4.76. The van der Waals surface area contributed by atoms with Crippen LogP contribution in [-0.2, 0) is 74.5 Å². The molecule has 0 spiro atoms. The Balaban J connectivity index is 0.000000521. The van der Waals surface area contributed by atoms with Gasteiger partial charge in [-0.15, -0.1) is 0 Å². The third kappa shape index (κ3) is 26.0. The summed E-state index contributed by atoms with van der Waals surface area (Å²) < 4.78 is 44.3. The molecule has 0 N–H and O–H groups in total. The number of hydrogen-bond donors (Lipinski definition) is 0. The van der Waals surface area contributed by atoms with E-state index in [2.05, 4.69) is 108 Å². The monoisotopic (exact) mass is 1390 g/mol. The Morgan fingerprint density at radius 2 is 0.724 bits per heavy atom. The molecule has 0 heterocycles. The third-order valence-electron chi connectivity index (χ3n) is 18.0. The quantitative estimate of drug-likeness (QED) is 0.127. The fourth-order valence-electron chi connectivity index (χ4n) is 13.3. The molecule has 3 nitrogen and oxygen atoms in total. The first-order valence-corrected chi connectivity index (χ1v) is 34.5. The van der Waals surface area contributed by atoms with Crippen LogP contribution in [0.15, 0.2) is 48.5 Å². The second-order valence-corrected chi connectivity index (χ2v) is 31.5. The van der Waals surface area contributed by atoms with Crippen molar-refractivity contribution in [2.75, 3.05) is 35.3 Å². The van der Waals surface area contributed by atoms with Gasteiger partial charge < -0.3 is 14.5 Å². The van der Waals surface area contributed by atoms with Crippen LogP contribution >= 0.6 is 47.7 Å². The van der Waals surface area contributed by atoms with Crippen molar-refractivity contribution in [3.05, 3.63) is 54.1 Å². The van der Waals surface area contributed by atoms with Crippen molar-refractivity contribution in [1.29, 1.82) is 0 Å². The first-order chi connectivity index (χ1) is 34.7. The van der Waals surface area contributed by atoms with Crippen LogP contribution in [0.2, 0.25) is 0 Å². The van der Waals surface area contributed by atoms with Crippen LogP contribution in [0.3, 0.4) is 0 Å². The molecule has 0 aliphatic heterocycles. The molecule has 0 saturated heterocycles. The first kappa shape index (κ1) is 75.9. The third-order valence-corrected chi connectivity index (χ3v) is 27.0. The van der Waals surface area contributed by atoms with Crippen molar-refractivity contribution in [2.24, 2.45) is 11.8 Å². The number of halogens is 5. The van der Waals surface area contributed by atoms with Crippen molar-refractivity contribution in [2.45, 2.75) is 270 Å². The van der Waals surface area contributed by atoms with E-state index >= 15 is 0 Å². The largest absolute Gasteiger partial charge is 0.497 e. The molecular formula is C62H103Br2F3Fe4N2OP2. The van der Waals surface area contributed by atoms with E-state index in [1.807, 2.05) is 0 Å². The van der Waals surface area contributed by atoms with Gasteiger partial charge in [0.2, 0.25) is 0 Å². The minimum atomic E-state index is -4.25. The zero-order chi connectivity index (χ0) is 51.9. The minimum absolute atomic E-state index is 0. The second kappa shape index (κ2) is 41.8. The van der Waals surface area contributed by atoms with Gasteiger partial charge in [-0.1, -0.05) is 200 Å². The number of nitrogens with zero attached hydrogens (tertiary/aromatic N) is 2. The van der Waals surface area contributed by atoms with Crippen LogP contribution in [0, 0.1) is 11.8 Å². The Morgan fingerprint density at radius 3 is 0.974 bits per heavy atom. The molecule has 5 unspecified atom stereocenters. The molecule has 2 aromatic carbocycles. The zero-order valence-corrected chi connectivity index (χ0v) is 57.4. The fraction of sp³-hybridized carbons (Fsp3) is 0.806. The molecule has 8 aliphatic carbocycles. The van der Waals surface area contributed by atoms with Crippen LogP contribution in [0.25, 0.3) is 0 Å². The standard InChI is InChI=1S/C21H31F3NP.C21H34NOP.2C5H9Br.2C5H10.4Fe/c1-15(25(2)3)19-9-6-10-20(19)26(17-7-4-5-8-17)18-13-11-16(12-14-18)21(22,23)24;1-16(22(2)3)20-10-7-11-21(20)24(18-8-5-6-9-18)19-14-12-17(23-4)13-15-19;2*6-5-3-1-2-4-5;2*1-2-4-5-3-1;;;;/h11-15,17,19-20H,4-10H2,1-3H3;12-16,18,20-21H,5-11H2,1-4H3;2*5H,1-4H2;2*1-5H2;;;;/t15-,19?,20?,26?;16-,20?,21?,24-;;;;;;;;/m11......../s1. The summed E-state index contributed by atoms with van der Waals surface area (Å²) in [6, 6.07) is 16.5. The predicted molar refractivity (Wildman–Crippen MR) is 319 cm³/mol. The van der Waals surface area contributed by atoms with E-state index in [0.29, 0.717) is 29.3 Å². The number of rotatable bonds is 11. The topological polar surface area (TPSA) is 15.7 Å². The van der Waals surface area contributed by atoms with Gasteiger partial charge >= 0.3 is 6.18 Å². The van der Waals surface area contributed by atoms with E-state index in [-0.39, 0.29) is 76.2 Å². The average molecular weight is 1390 g/mol. The molecule has 0 amide bonds. The number of alkyl halides is 5. The Bertz CT molecular complexity index is 1670. The van der Waals surface area contributed by atoms with E-state index in [1.54, 1.807) is 24.5 Å². The molecule has 0 radical (unpaired) electrons. The molecule has 8 atom stereocenters. The van der Waals surface area contributed by atoms with E-state index in [0.717, 1.165) is 32.6 Å². The molecule has 8 aliphatic rings. The maximum absolute atomic E-state index is 13.0. The van der Waals surface area contributed by atoms with Gasteiger partial charge in [-0.05, 0) is 188 Å². The summed E-state index contributed by atoms with van der Waals surface area (Å²) in [4.78, 5) is 6.48. The molecule has 8 saturated carbocycles. The normalized spacial score (nSPS) is 25.2. The number of ether oxygens (including phenoxy) is 1. The molecule has 76 heavy (non-hydrogen) atoms. The number of methoxy groups -OCH3 is 1. The zero-order valence-electron chi connectivity index (χ0n) is 48.0. The summed E-state index contributed by atoms with van der Waals surface area (Å²) >= 11 is 7.08. The maximum atomic E-state index is 13.0. The van der Waals surface area contributed by atoms with Crippen molar-refractivity contribution in [3.63, 3.8) is 0 Å². The van der Waals surface area contributed by atoms with Gasteiger partial charge in [0.1, 0.15) is 5.75 Å². The van der Waals surface area contributed by atoms with Gasteiger partial charge in [0.05, 0.1) is 12.7 Å². The molecule has 0 bridgehead atoms. The van der Waals surface area contributed by atoms with Gasteiger partial charge in [0.15, 0.2) is 0 Å². The van der Waals surface area contributed by atoms with Gasteiger partial charge in [-0.2, -0.15) is 13.2 Å².